The monoisotopic (exact) mass is 1150 g/mol. The third kappa shape index (κ3) is 14.2. The number of nitrogens with zero attached hydrogens (tertiary/aromatic N) is 10. The summed E-state index contributed by atoms with van der Waals surface area (Å²) in [6, 6.07) is 79.5. The molecule has 0 fully saturated rings. The van der Waals surface area contributed by atoms with Crippen molar-refractivity contribution < 1.29 is 0 Å². The average molecular weight is 1150 g/mol. The Balaban J connectivity index is 0.000000117. The first-order valence-corrected chi connectivity index (χ1v) is 29.7. The predicted octanol–water partition coefficient (Wildman–Crippen LogP) is 19.0. The number of hydrogen-bond donors (Lipinski definition) is 0. The minimum atomic E-state index is 0.746. The van der Waals surface area contributed by atoms with Crippen molar-refractivity contribution >= 4 is 65.3 Å². The lowest BCUT2D eigenvalue weighted by Crippen LogP contribution is -1.98. The van der Waals surface area contributed by atoms with Crippen molar-refractivity contribution in [3.63, 3.8) is 0 Å². The zero-order chi connectivity index (χ0) is 61.8. The fourth-order valence-corrected chi connectivity index (χ4v) is 11.3. The molecule has 10 nitrogen and oxygen atoms in total. The van der Waals surface area contributed by atoms with E-state index in [1.807, 2.05) is 126 Å². The summed E-state index contributed by atoms with van der Waals surface area (Å²) in [5.74, 6) is 3.93. The lowest BCUT2D eigenvalue weighted by molar-refractivity contribution is 0.928. The predicted molar refractivity (Wildman–Crippen MR) is 368 cm³/mol. The molecule has 0 aliphatic heterocycles. The quantitative estimate of drug-likeness (QED) is 0.172. The van der Waals surface area contributed by atoms with E-state index in [1.54, 1.807) is 0 Å². The molecule has 6 aromatic heterocycles. The standard InChI is InChI=1S/C17H15N.2C14H13N.C12H12N2.C11H11N3.C10H10N2/c1-12-15-10-6-7-11-16(15)17(13(2)18-12)14-8-4-3-5-9-14;1-10-7-8-14-12(9-10)11-5-3-4-6-13(11)15(14)2;1-10-7-8-12-11-5-3-4-6-13(11)15(2)14(12)9-10;1-9-8-12(14-10(2)13-9)11-6-4-3-5-7-11;1-8-12-9(2)14-11(13-8)10-6-4-3-5-7-10;1-7-9-5-3-4-6-10(9)12-8(2)11-7/h3-11H,1-2H3;2*3-9H,1-2H3;3-8H,1-2H3;3-7H,1-2H3;3-6H,1-2H3. The fraction of sp³-hybridized carbons (Fsp3) is 0.154. The van der Waals surface area contributed by atoms with Gasteiger partial charge in [0, 0.05) is 108 Å². The van der Waals surface area contributed by atoms with Crippen molar-refractivity contribution in [2.45, 2.75) is 69.2 Å². The van der Waals surface area contributed by atoms with Gasteiger partial charge in [-0.25, -0.2) is 34.9 Å². The van der Waals surface area contributed by atoms with Crippen molar-refractivity contribution in [2.24, 2.45) is 14.1 Å². The molecule has 88 heavy (non-hydrogen) atoms. The van der Waals surface area contributed by atoms with Crippen molar-refractivity contribution in [1.29, 1.82) is 0 Å². The molecule has 15 aromatic rings. The summed E-state index contributed by atoms with van der Waals surface area (Å²) in [6.07, 6.45) is 0. The van der Waals surface area contributed by atoms with Crippen molar-refractivity contribution in [1.82, 2.24) is 49.0 Å². The van der Waals surface area contributed by atoms with E-state index in [2.05, 4.69) is 236 Å². The van der Waals surface area contributed by atoms with Gasteiger partial charge in [-0.3, -0.25) is 4.98 Å². The fourth-order valence-electron chi connectivity index (χ4n) is 11.3. The highest BCUT2D eigenvalue weighted by Crippen LogP contribution is 2.33. The second-order valence-electron chi connectivity index (χ2n) is 22.1. The molecule has 0 N–H and O–H groups in total. The van der Waals surface area contributed by atoms with E-state index in [0.717, 1.165) is 79.6 Å². The van der Waals surface area contributed by atoms with Crippen LogP contribution >= 0.6 is 0 Å². The van der Waals surface area contributed by atoms with Crippen LogP contribution in [0, 0.1) is 69.2 Å². The molecule has 0 saturated carbocycles. The van der Waals surface area contributed by atoms with Crippen molar-refractivity contribution in [3.05, 3.63) is 288 Å². The van der Waals surface area contributed by atoms with Gasteiger partial charge >= 0.3 is 0 Å². The number of aromatic nitrogens is 10. The molecule has 436 valence electrons. The van der Waals surface area contributed by atoms with Gasteiger partial charge in [0.15, 0.2) is 5.82 Å². The highest BCUT2D eigenvalue weighted by Gasteiger charge is 2.12. The zero-order valence-corrected chi connectivity index (χ0v) is 52.4. The number of hydrogen-bond acceptors (Lipinski definition) is 8. The van der Waals surface area contributed by atoms with Gasteiger partial charge in [-0.2, -0.15) is 0 Å². The SMILES string of the molecule is Cc1cc(-c2ccccc2)nc(C)n1.Cc1ccc2c(c1)c1ccccc1n2C.Cc1ccc2c3ccccc3n(C)c2c1.Cc1nc(C)c2ccccc2c1-c1ccccc1.Cc1nc(C)c2ccccc2n1.Cc1nc(C)nc(-c2ccccc2)n1. The van der Waals surface area contributed by atoms with Crippen LogP contribution in [0.4, 0.5) is 0 Å². The van der Waals surface area contributed by atoms with Crippen LogP contribution in [-0.2, 0) is 14.1 Å². The average Bonchev–Trinajstić information content (AvgIpc) is 3.97. The molecule has 0 amide bonds. The van der Waals surface area contributed by atoms with Gasteiger partial charge in [-0.15, -0.1) is 0 Å². The molecule has 10 heteroatoms. The second-order valence-corrected chi connectivity index (χ2v) is 22.1. The molecule has 0 aliphatic carbocycles. The van der Waals surface area contributed by atoms with E-state index in [4.69, 9.17) is 0 Å². The molecule has 0 aliphatic rings. The summed E-state index contributed by atoms with van der Waals surface area (Å²) in [5.41, 5.74) is 18.8. The number of benzene rings is 9. The van der Waals surface area contributed by atoms with Crippen molar-refractivity contribution in [3.8, 4) is 33.8 Å². The van der Waals surface area contributed by atoms with Gasteiger partial charge < -0.3 is 9.13 Å². The van der Waals surface area contributed by atoms with E-state index < -0.39 is 0 Å². The summed E-state index contributed by atoms with van der Waals surface area (Å²) >= 11 is 0. The van der Waals surface area contributed by atoms with Crippen LogP contribution in [0.2, 0.25) is 0 Å². The summed E-state index contributed by atoms with van der Waals surface area (Å²) in [7, 11) is 4.25. The van der Waals surface area contributed by atoms with Gasteiger partial charge in [0.2, 0.25) is 0 Å². The molecule has 9 aromatic carbocycles. The summed E-state index contributed by atoms with van der Waals surface area (Å²) in [5, 5.41) is 9.05. The lowest BCUT2D eigenvalue weighted by Gasteiger charge is -2.12. The third-order valence-electron chi connectivity index (χ3n) is 15.3. The van der Waals surface area contributed by atoms with Crippen LogP contribution in [0.15, 0.2) is 231 Å². The molecule has 0 spiro atoms. The maximum Gasteiger partial charge on any atom is 0.163 e. The Morgan fingerprint density at radius 2 is 0.705 bits per heavy atom. The molecule has 6 heterocycles. The molecule has 0 unspecified atom stereocenters. The first kappa shape index (κ1) is 60.5. The van der Waals surface area contributed by atoms with E-state index >= 15 is 0 Å². The number of para-hydroxylation sites is 3. The largest absolute Gasteiger partial charge is 0.344 e. The van der Waals surface area contributed by atoms with Gasteiger partial charge in [0.25, 0.3) is 0 Å². The molecular weight excluding hydrogens is 1080 g/mol. The van der Waals surface area contributed by atoms with Crippen LogP contribution in [0.3, 0.4) is 0 Å². The number of fused-ring (bicyclic) bond motifs is 8. The first-order valence-electron chi connectivity index (χ1n) is 29.7. The maximum atomic E-state index is 4.68. The Morgan fingerprint density at radius 3 is 1.33 bits per heavy atom. The van der Waals surface area contributed by atoms with Crippen LogP contribution in [-0.4, -0.2) is 49.0 Å². The minimum absolute atomic E-state index is 0.746. The number of aryl methyl sites for hydroxylation is 12. The molecule has 0 bridgehead atoms. The Labute approximate surface area is 516 Å². The Hall–Kier alpha value is -10.6. The third-order valence-corrected chi connectivity index (χ3v) is 15.3. The van der Waals surface area contributed by atoms with E-state index in [0.29, 0.717) is 0 Å². The number of rotatable bonds is 3. The van der Waals surface area contributed by atoms with Crippen LogP contribution in [0.25, 0.3) is 99.1 Å². The van der Waals surface area contributed by atoms with Crippen LogP contribution < -0.4 is 0 Å². The van der Waals surface area contributed by atoms with Gasteiger partial charge in [0.05, 0.1) is 11.2 Å². The van der Waals surface area contributed by atoms with Gasteiger partial charge in [-0.1, -0.05) is 194 Å². The summed E-state index contributed by atoms with van der Waals surface area (Å²) in [6.45, 7) is 20.0. The van der Waals surface area contributed by atoms with E-state index in [9.17, 15) is 0 Å². The first-order chi connectivity index (χ1) is 42.6. The lowest BCUT2D eigenvalue weighted by atomic mass is 9.96. The van der Waals surface area contributed by atoms with Gasteiger partial charge in [-0.05, 0) is 128 Å². The molecule has 0 radical (unpaired) electrons. The Bertz CT molecular complexity index is 4740. The second kappa shape index (κ2) is 27.6. The molecular formula is C78H74N10. The topological polar surface area (TPSA) is 113 Å². The molecule has 0 saturated heterocycles. The van der Waals surface area contributed by atoms with Crippen LogP contribution in [0.5, 0.6) is 0 Å². The highest BCUT2D eigenvalue weighted by molar-refractivity contribution is 6.09. The van der Waals surface area contributed by atoms with E-state index in [1.165, 1.54) is 76.6 Å². The normalized spacial score (nSPS) is 10.7. The zero-order valence-electron chi connectivity index (χ0n) is 52.4. The Morgan fingerprint density at radius 1 is 0.261 bits per heavy atom. The van der Waals surface area contributed by atoms with Gasteiger partial charge in [0.1, 0.15) is 23.3 Å². The summed E-state index contributed by atoms with van der Waals surface area (Å²) in [4.78, 5) is 34.6. The highest BCUT2D eigenvalue weighted by atomic mass is 15.0. The smallest absolute Gasteiger partial charge is 0.163 e. The van der Waals surface area contributed by atoms with Crippen molar-refractivity contribution in [2.75, 3.05) is 0 Å². The maximum absolute atomic E-state index is 4.68. The minimum Gasteiger partial charge on any atom is -0.344 e. The molecule has 0 atom stereocenters. The Kier molecular flexibility index (Phi) is 19.0. The number of pyridine rings is 1. The molecule has 15 rings (SSSR count). The summed E-state index contributed by atoms with van der Waals surface area (Å²) < 4.78 is 4.52. The van der Waals surface area contributed by atoms with Crippen LogP contribution in [0.1, 0.15) is 57.2 Å². The van der Waals surface area contributed by atoms with E-state index in [-0.39, 0.29) is 0 Å².